The number of fused-ring (bicyclic) bond motifs is 4. The predicted octanol–water partition coefficient (Wildman–Crippen LogP) is 11.1. The molecule has 0 spiro atoms. The lowest BCUT2D eigenvalue weighted by Gasteiger charge is -2.37. The van der Waals surface area contributed by atoms with Gasteiger partial charge in [-0.05, 0) is 94.3 Å². The number of rotatable bonds is 6. The Bertz CT molecular complexity index is 2780. The normalized spacial score (nSPS) is 12.1. The Labute approximate surface area is 332 Å². The lowest BCUT2D eigenvalue weighted by atomic mass is 10.1. The van der Waals surface area contributed by atoms with Gasteiger partial charge in [-0.2, -0.15) is 0 Å². The quantitative estimate of drug-likeness (QED) is 0.163. The van der Waals surface area contributed by atoms with E-state index in [9.17, 15) is 0 Å². The fourth-order valence-corrected chi connectivity index (χ4v) is 7.48. The monoisotopic (exact) mass is 746 g/mol. The number of pyridine rings is 4. The first-order chi connectivity index (χ1) is 28.8. The van der Waals surface area contributed by atoms with E-state index < -0.39 is 0 Å². The van der Waals surface area contributed by atoms with Crippen molar-refractivity contribution in [1.29, 1.82) is 0 Å². The van der Waals surface area contributed by atoms with Gasteiger partial charge in [0.15, 0.2) is 23.3 Å². The maximum Gasteiger partial charge on any atom is 0.183 e. The number of benzene rings is 4. The zero-order chi connectivity index (χ0) is 38.4. The molecule has 6 aromatic heterocycles. The van der Waals surface area contributed by atoms with Gasteiger partial charge in [0.05, 0.1) is 22.8 Å². The van der Waals surface area contributed by atoms with Crippen molar-refractivity contribution in [2.75, 3.05) is 9.80 Å². The molecule has 0 bridgehead atoms. The van der Waals surface area contributed by atoms with Crippen molar-refractivity contribution in [3.63, 3.8) is 0 Å². The van der Waals surface area contributed by atoms with E-state index in [1.165, 1.54) is 0 Å². The van der Waals surface area contributed by atoms with Crippen LogP contribution in [0.15, 0.2) is 183 Å². The Hall–Kier alpha value is -8.24. The van der Waals surface area contributed by atoms with Crippen molar-refractivity contribution >= 4 is 56.2 Å². The van der Waals surface area contributed by atoms with Gasteiger partial charge in [0.2, 0.25) is 0 Å². The first kappa shape index (κ1) is 33.1. The minimum atomic E-state index is 0.545. The second-order valence-corrected chi connectivity index (χ2v) is 13.7. The second kappa shape index (κ2) is 13.8. The molecule has 0 atom stereocenters. The summed E-state index contributed by atoms with van der Waals surface area (Å²) in [5, 5.41) is 4.34. The standard InChI is InChI=1S/C48H30N10/c1-3-15-33-29-35(23-21-31(33)13-1)57-45-47(55-43(39-19-7-11-27-51-39)41(53-45)37-17-5-9-25-49-37)58(36-24-22-32-14-2-4-16-34(32)30-36)48-46(57)54-42(38-18-6-10-26-50-38)44(56-48)40-20-8-12-28-52-40/h1-30H. The molecule has 1 aliphatic heterocycles. The first-order valence-corrected chi connectivity index (χ1v) is 18.8. The molecule has 0 aliphatic carbocycles. The van der Waals surface area contributed by atoms with Gasteiger partial charge >= 0.3 is 0 Å². The fraction of sp³-hybridized carbons (Fsp3) is 0. The number of nitrogens with zero attached hydrogens (tertiary/aromatic N) is 10. The van der Waals surface area contributed by atoms with E-state index >= 15 is 0 Å². The van der Waals surface area contributed by atoms with E-state index in [1.807, 2.05) is 97.1 Å². The highest BCUT2D eigenvalue weighted by Crippen LogP contribution is 2.54. The molecule has 10 heteroatoms. The summed E-state index contributed by atoms with van der Waals surface area (Å²) in [7, 11) is 0. The van der Waals surface area contributed by atoms with Crippen molar-refractivity contribution < 1.29 is 0 Å². The van der Waals surface area contributed by atoms with Crippen LogP contribution in [0, 0.1) is 0 Å². The van der Waals surface area contributed by atoms with E-state index in [4.69, 9.17) is 39.9 Å². The van der Waals surface area contributed by atoms with Crippen LogP contribution in [0.3, 0.4) is 0 Å². The third-order valence-corrected chi connectivity index (χ3v) is 10.2. The summed E-state index contributed by atoms with van der Waals surface area (Å²) in [6.45, 7) is 0. The Morgan fingerprint density at radius 3 is 0.862 bits per heavy atom. The Balaban J connectivity index is 1.29. The van der Waals surface area contributed by atoms with Crippen molar-refractivity contribution in [1.82, 2.24) is 39.9 Å². The van der Waals surface area contributed by atoms with Crippen molar-refractivity contribution in [2.24, 2.45) is 0 Å². The topological polar surface area (TPSA) is 110 Å². The third kappa shape index (κ3) is 5.67. The van der Waals surface area contributed by atoms with E-state index in [-0.39, 0.29) is 0 Å². The number of hydrogen-bond donors (Lipinski definition) is 0. The highest BCUT2D eigenvalue weighted by molar-refractivity contribution is 6.02. The van der Waals surface area contributed by atoms with E-state index in [1.54, 1.807) is 24.8 Å². The zero-order valence-electron chi connectivity index (χ0n) is 30.8. The average molecular weight is 747 g/mol. The van der Waals surface area contributed by atoms with Crippen molar-refractivity contribution in [2.45, 2.75) is 0 Å². The Morgan fingerprint density at radius 2 is 0.569 bits per heavy atom. The van der Waals surface area contributed by atoms with Gasteiger partial charge in [0, 0.05) is 36.2 Å². The molecule has 4 aromatic carbocycles. The van der Waals surface area contributed by atoms with Crippen LogP contribution in [0.1, 0.15) is 0 Å². The number of aromatic nitrogens is 8. The molecule has 10 nitrogen and oxygen atoms in total. The molecule has 58 heavy (non-hydrogen) atoms. The molecule has 0 saturated heterocycles. The molecular weight excluding hydrogens is 717 g/mol. The third-order valence-electron chi connectivity index (χ3n) is 10.2. The van der Waals surface area contributed by atoms with Gasteiger partial charge < -0.3 is 0 Å². The van der Waals surface area contributed by atoms with Crippen LogP contribution in [0.2, 0.25) is 0 Å². The maximum atomic E-state index is 5.54. The predicted molar refractivity (Wildman–Crippen MR) is 228 cm³/mol. The summed E-state index contributed by atoms with van der Waals surface area (Å²) >= 11 is 0. The van der Waals surface area contributed by atoms with Gasteiger partial charge in [-0.15, -0.1) is 0 Å². The molecule has 10 aromatic rings. The summed E-state index contributed by atoms with van der Waals surface area (Å²) < 4.78 is 0. The summed E-state index contributed by atoms with van der Waals surface area (Å²) in [6, 6.07) is 52.5. The van der Waals surface area contributed by atoms with Crippen LogP contribution in [-0.2, 0) is 0 Å². The molecule has 0 fully saturated rings. The Kier molecular flexibility index (Phi) is 7.88. The van der Waals surface area contributed by atoms with Crippen LogP contribution < -0.4 is 9.80 Å². The van der Waals surface area contributed by atoms with Crippen molar-refractivity contribution in [3.05, 3.63) is 183 Å². The highest BCUT2D eigenvalue weighted by Gasteiger charge is 2.39. The maximum absolute atomic E-state index is 5.54. The van der Waals surface area contributed by atoms with Crippen molar-refractivity contribution in [3.8, 4) is 45.6 Å². The number of anilines is 6. The molecule has 272 valence electrons. The van der Waals surface area contributed by atoms with Crippen LogP contribution >= 0.6 is 0 Å². The average Bonchev–Trinajstić information content (AvgIpc) is 3.30. The van der Waals surface area contributed by atoms with Crippen LogP contribution in [0.5, 0.6) is 0 Å². The lowest BCUT2D eigenvalue weighted by molar-refractivity contribution is 0.990. The van der Waals surface area contributed by atoms with E-state index in [0.29, 0.717) is 68.8 Å². The molecule has 11 rings (SSSR count). The number of hydrogen-bond acceptors (Lipinski definition) is 10. The van der Waals surface area contributed by atoms with Crippen LogP contribution in [0.25, 0.3) is 67.1 Å². The van der Waals surface area contributed by atoms with Gasteiger partial charge in [0.25, 0.3) is 0 Å². The second-order valence-electron chi connectivity index (χ2n) is 13.7. The van der Waals surface area contributed by atoms with Crippen LogP contribution in [0.4, 0.5) is 34.6 Å². The van der Waals surface area contributed by atoms with Gasteiger partial charge in [0.1, 0.15) is 22.8 Å². The minimum Gasteiger partial charge on any atom is -0.273 e. The minimum absolute atomic E-state index is 0.545. The smallest absolute Gasteiger partial charge is 0.183 e. The molecule has 0 saturated carbocycles. The highest BCUT2D eigenvalue weighted by atomic mass is 15.4. The molecule has 7 heterocycles. The van der Waals surface area contributed by atoms with E-state index in [2.05, 4.69) is 70.5 Å². The largest absolute Gasteiger partial charge is 0.273 e. The summed E-state index contributed by atoms with van der Waals surface area (Å²) in [5.74, 6) is 2.18. The van der Waals surface area contributed by atoms with E-state index in [0.717, 1.165) is 32.9 Å². The summed E-state index contributed by atoms with van der Waals surface area (Å²) in [5.41, 5.74) is 6.61. The molecule has 0 N–H and O–H groups in total. The first-order valence-electron chi connectivity index (χ1n) is 18.8. The fourth-order valence-electron chi connectivity index (χ4n) is 7.48. The molecule has 0 amide bonds. The summed E-state index contributed by atoms with van der Waals surface area (Å²) in [6.07, 6.45) is 7.06. The molecule has 0 radical (unpaired) electrons. The summed E-state index contributed by atoms with van der Waals surface area (Å²) in [4.78, 5) is 45.4. The zero-order valence-corrected chi connectivity index (χ0v) is 30.8. The van der Waals surface area contributed by atoms with Crippen LogP contribution in [-0.4, -0.2) is 39.9 Å². The van der Waals surface area contributed by atoms with Gasteiger partial charge in [-0.1, -0.05) is 84.9 Å². The SMILES string of the molecule is c1ccc(-c2nc3c(nc2-c2ccccn2)N(c2ccc4ccccc4c2)c2nc(-c4ccccn4)c(-c4ccccn4)nc2N3c2ccc3ccccc3c2)nc1. The molecule has 1 aliphatic rings. The Morgan fingerprint density at radius 1 is 0.276 bits per heavy atom. The van der Waals surface area contributed by atoms with Gasteiger partial charge in [-0.25, -0.2) is 19.9 Å². The van der Waals surface area contributed by atoms with Gasteiger partial charge in [-0.3, -0.25) is 29.7 Å². The molecular formula is C48H30N10. The molecule has 0 unspecified atom stereocenters. The lowest BCUT2D eigenvalue weighted by Crippen LogP contribution is -2.29.